The highest BCUT2D eigenvalue weighted by Crippen LogP contribution is 2.29. The molecule has 0 heterocycles. The quantitative estimate of drug-likeness (QED) is 0.0724. The molecule has 2 atom stereocenters. The molecule has 2 unspecified atom stereocenters. The number of allylic oxidation sites excluding steroid dienone is 5. The molecule has 0 aliphatic heterocycles. The fourth-order valence-corrected chi connectivity index (χ4v) is 5.93. The van der Waals surface area contributed by atoms with E-state index in [1.807, 2.05) is 18.2 Å². The first-order chi connectivity index (χ1) is 22.0. The van der Waals surface area contributed by atoms with Crippen LogP contribution in [0.5, 0.6) is 0 Å². The van der Waals surface area contributed by atoms with E-state index in [0.29, 0.717) is 40.2 Å². The summed E-state index contributed by atoms with van der Waals surface area (Å²) in [5.41, 5.74) is 2.40. The van der Waals surface area contributed by atoms with Gasteiger partial charge in [0.15, 0.2) is 11.6 Å². The monoisotopic (exact) mass is 631 g/mol. The van der Waals surface area contributed by atoms with Gasteiger partial charge >= 0.3 is 5.97 Å². The number of hydrogen-bond donors (Lipinski definition) is 0. The highest BCUT2D eigenvalue weighted by Gasteiger charge is 2.29. The standard InChI is InChI=1S/C41H61NO4/c1-31(2)19-16-20-32(3)21-17-22-33(4)23-18-24-35(41(45)46-30-15-11-9-8-10-14-29-42(6)7)27-28-36-34(5)39(43)37-25-12-13-26-38(37)40(36)44/h8,10-13,15,25-27,31-33H,9,14,16-24,28-30H2,1-7H3/b10-8-,15-11-,35-27+. The van der Waals surface area contributed by atoms with Crippen molar-refractivity contribution in [2.24, 2.45) is 17.8 Å². The minimum atomic E-state index is -0.345. The van der Waals surface area contributed by atoms with Crippen LogP contribution in [0.2, 0.25) is 0 Å². The van der Waals surface area contributed by atoms with E-state index >= 15 is 0 Å². The van der Waals surface area contributed by atoms with Crippen LogP contribution in [-0.2, 0) is 9.53 Å². The van der Waals surface area contributed by atoms with Gasteiger partial charge in [-0.2, -0.15) is 0 Å². The van der Waals surface area contributed by atoms with Crippen molar-refractivity contribution in [2.75, 3.05) is 27.2 Å². The van der Waals surface area contributed by atoms with Gasteiger partial charge in [-0.3, -0.25) is 9.59 Å². The third kappa shape index (κ3) is 14.6. The van der Waals surface area contributed by atoms with Gasteiger partial charge in [-0.05, 0) is 70.9 Å². The lowest BCUT2D eigenvalue weighted by Crippen LogP contribution is -2.20. The van der Waals surface area contributed by atoms with Gasteiger partial charge in [-0.25, -0.2) is 4.79 Å². The third-order valence-electron chi connectivity index (χ3n) is 8.97. The summed E-state index contributed by atoms with van der Waals surface area (Å²) < 4.78 is 5.64. The normalized spacial score (nSPS) is 15.5. The second-order valence-corrected chi connectivity index (χ2v) is 14.0. The van der Waals surface area contributed by atoms with Crippen molar-refractivity contribution in [3.63, 3.8) is 0 Å². The lowest BCUT2D eigenvalue weighted by Gasteiger charge is -2.18. The van der Waals surface area contributed by atoms with Gasteiger partial charge in [0, 0.05) is 34.4 Å². The van der Waals surface area contributed by atoms with Gasteiger partial charge in [-0.1, -0.05) is 127 Å². The molecule has 1 aliphatic rings. The molecule has 1 aromatic rings. The summed E-state index contributed by atoms with van der Waals surface area (Å²) in [6.45, 7) is 12.2. The van der Waals surface area contributed by atoms with Crippen molar-refractivity contribution in [3.05, 3.63) is 82.5 Å². The number of Topliss-reactive ketones (excluding diaryl/α,β-unsaturated/α-hetero) is 2. The number of esters is 1. The molecule has 0 aromatic heterocycles. The van der Waals surface area contributed by atoms with Crippen molar-refractivity contribution in [2.45, 2.75) is 112 Å². The van der Waals surface area contributed by atoms with Crippen molar-refractivity contribution in [1.82, 2.24) is 4.90 Å². The first kappa shape index (κ1) is 39.1. The Balaban J connectivity index is 1.97. The zero-order valence-corrected chi connectivity index (χ0v) is 29.9. The molecule has 2 rings (SSSR count). The van der Waals surface area contributed by atoms with Gasteiger partial charge in [0.1, 0.15) is 6.61 Å². The molecule has 1 aromatic carbocycles. The fourth-order valence-electron chi connectivity index (χ4n) is 5.93. The Kier molecular flexibility index (Phi) is 18.5. The van der Waals surface area contributed by atoms with Crippen LogP contribution in [0.4, 0.5) is 0 Å². The average molecular weight is 632 g/mol. The Morgan fingerprint density at radius 3 is 2.02 bits per heavy atom. The Morgan fingerprint density at radius 2 is 1.39 bits per heavy atom. The summed E-state index contributed by atoms with van der Waals surface area (Å²) in [7, 11) is 4.12. The number of carbonyl (C=O) groups is 3. The number of rotatable bonds is 22. The lowest BCUT2D eigenvalue weighted by molar-refractivity contribution is -0.138. The summed E-state index contributed by atoms with van der Waals surface area (Å²) in [6, 6.07) is 6.97. The molecule has 0 saturated heterocycles. The van der Waals surface area contributed by atoms with Crippen LogP contribution in [-0.4, -0.2) is 49.7 Å². The second kappa shape index (κ2) is 21.7. The van der Waals surface area contributed by atoms with Crippen molar-refractivity contribution in [3.8, 4) is 0 Å². The maximum Gasteiger partial charge on any atom is 0.333 e. The topological polar surface area (TPSA) is 63.7 Å². The molecule has 0 bridgehead atoms. The molecule has 0 saturated carbocycles. The van der Waals surface area contributed by atoms with E-state index in [2.05, 4.69) is 58.8 Å². The first-order valence-corrected chi connectivity index (χ1v) is 17.7. The predicted octanol–water partition coefficient (Wildman–Crippen LogP) is 10.1. The molecular formula is C41H61NO4. The molecule has 0 fully saturated rings. The molecule has 5 heteroatoms. The van der Waals surface area contributed by atoms with Crippen LogP contribution in [0.3, 0.4) is 0 Å². The van der Waals surface area contributed by atoms with E-state index in [1.165, 1.54) is 38.5 Å². The van der Waals surface area contributed by atoms with E-state index in [0.717, 1.165) is 44.1 Å². The Morgan fingerprint density at radius 1 is 0.804 bits per heavy atom. The lowest BCUT2D eigenvalue weighted by atomic mass is 9.83. The van der Waals surface area contributed by atoms with E-state index in [9.17, 15) is 14.4 Å². The highest BCUT2D eigenvalue weighted by molar-refractivity contribution is 6.26. The van der Waals surface area contributed by atoms with Crippen molar-refractivity contribution >= 4 is 17.5 Å². The number of nitrogens with zero attached hydrogens (tertiary/aromatic N) is 1. The van der Waals surface area contributed by atoms with Crippen LogP contribution in [0.15, 0.2) is 71.4 Å². The summed E-state index contributed by atoms with van der Waals surface area (Å²) in [5.74, 6) is 1.56. The fraction of sp³-hybridized carbons (Fsp3) is 0.585. The maximum absolute atomic E-state index is 13.3. The molecule has 1 aliphatic carbocycles. The molecular weight excluding hydrogens is 570 g/mol. The zero-order valence-electron chi connectivity index (χ0n) is 29.9. The molecule has 0 spiro atoms. The number of ketones is 2. The Bertz CT molecular complexity index is 1230. The number of carbonyl (C=O) groups excluding carboxylic acids is 3. The van der Waals surface area contributed by atoms with Crippen LogP contribution in [0, 0.1) is 17.8 Å². The Hall–Kier alpha value is -3.05. The molecule has 46 heavy (non-hydrogen) atoms. The highest BCUT2D eigenvalue weighted by atomic mass is 16.5. The number of benzene rings is 1. The third-order valence-corrected chi connectivity index (χ3v) is 8.97. The summed E-state index contributed by atoms with van der Waals surface area (Å²) in [6.07, 6.45) is 22.3. The molecule has 0 N–H and O–H groups in total. The van der Waals surface area contributed by atoms with Crippen molar-refractivity contribution in [1.29, 1.82) is 0 Å². The SMILES string of the molecule is CC1=C(C/C=C(\CCCC(C)CCCC(C)CCCC(C)C)C(=O)OC/C=C\C/C=C\CCN(C)C)C(=O)c2ccccc2C1=O. The van der Waals surface area contributed by atoms with Gasteiger partial charge < -0.3 is 9.64 Å². The second-order valence-electron chi connectivity index (χ2n) is 14.0. The predicted molar refractivity (Wildman–Crippen MR) is 192 cm³/mol. The maximum atomic E-state index is 13.3. The van der Waals surface area contributed by atoms with E-state index in [-0.39, 0.29) is 30.6 Å². The van der Waals surface area contributed by atoms with Crippen LogP contribution >= 0.6 is 0 Å². The van der Waals surface area contributed by atoms with Crippen LogP contribution < -0.4 is 0 Å². The number of fused-ring (bicyclic) bond motifs is 1. The minimum absolute atomic E-state index is 0.119. The van der Waals surface area contributed by atoms with Crippen LogP contribution in [0.1, 0.15) is 132 Å². The Labute approximate surface area is 280 Å². The van der Waals surface area contributed by atoms with Gasteiger partial charge in [0.25, 0.3) is 0 Å². The minimum Gasteiger partial charge on any atom is -0.458 e. The van der Waals surface area contributed by atoms with Crippen LogP contribution in [0.25, 0.3) is 0 Å². The molecule has 0 amide bonds. The zero-order chi connectivity index (χ0) is 33.9. The number of ether oxygens (including phenoxy) is 1. The molecule has 0 radical (unpaired) electrons. The van der Waals surface area contributed by atoms with Gasteiger partial charge in [-0.15, -0.1) is 0 Å². The first-order valence-electron chi connectivity index (χ1n) is 17.7. The summed E-state index contributed by atoms with van der Waals surface area (Å²) in [5, 5.41) is 0. The average Bonchev–Trinajstić information content (AvgIpc) is 3.01. The summed E-state index contributed by atoms with van der Waals surface area (Å²) in [4.78, 5) is 41.7. The number of hydrogen-bond acceptors (Lipinski definition) is 5. The van der Waals surface area contributed by atoms with Crippen molar-refractivity contribution < 1.29 is 19.1 Å². The van der Waals surface area contributed by atoms with Gasteiger partial charge in [0.05, 0.1) is 0 Å². The van der Waals surface area contributed by atoms with E-state index in [4.69, 9.17) is 4.74 Å². The van der Waals surface area contributed by atoms with E-state index < -0.39 is 0 Å². The molecule has 254 valence electrons. The largest absolute Gasteiger partial charge is 0.458 e. The molecule has 5 nitrogen and oxygen atoms in total. The van der Waals surface area contributed by atoms with Gasteiger partial charge in [0.2, 0.25) is 0 Å². The van der Waals surface area contributed by atoms with E-state index in [1.54, 1.807) is 31.2 Å². The summed E-state index contributed by atoms with van der Waals surface area (Å²) >= 11 is 0. The smallest absolute Gasteiger partial charge is 0.333 e.